The van der Waals surface area contributed by atoms with Gasteiger partial charge in [-0.05, 0) is 5.53 Å². The number of hydrogen-bond donors (Lipinski definition) is 1. The van der Waals surface area contributed by atoms with E-state index in [0.29, 0.717) is 0 Å². The lowest BCUT2D eigenvalue weighted by atomic mass is 9.97. The van der Waals surface area contributed by atoms with E-state index in [4.69, 9.17) is 24.5 Å². The van der Waals surface area contributed by atoms with Crippen LogP contribution < -0.4 is 0 Å². The number of nitrogens with zero attached hydrogens (tertiary/aromatic N) is 3. The first-order chi connectivity index (χ1) is 9.90. The molecule has 0 radical (unpaired) electrons. The smallest absolute Gasteiger partial charge is 0.303 e. The second-order valence-electron chi connectivity index (χ2n) is 4.34. The van der Waals surface area contributed by atoms with Crippen molar-refractivity contribution in [1.29, 1.82) is 0 Å². The summed E-state index contributed by atoms with van der Waals surface area (Å²) >= 11 is 4.21. The van der Waals surface area contributed by atoms with E-state index in [1.807, 2.05) is 0 Å². The molecular weight excluding hydrogens is 302 g/mol. The first-order valence-corrected chi connectivity index (χ1v) is 6.63. The molecule has 0 aliphatic carbocycles. The highest BCUT2D eigenvalue weighted by Gasteiger charge is 2.47. The fourth-order valence-electron chi connectivity index (χ4n) is 2.03. The van der Waals surface area contributed by atoms with Crippen molar-refractivity contribution < 1.29 is 28.5 Å². The van der Waals surface area contributed by atoms with Gasteiger partial charge in [0.2, 0.25) is 0 Å². The number of thiol groups is 1. The molecule has 0 saturated carbocycles. The predicted molar refractivity (Wildman–Crippen MR) is 73.6 cm³/mol. The fourth-order valence-corrected chi connectivity index (χ4v) is 2.48. The van der Waals surface area contributed by atoms with Gasteiger partial charge in [0.1, 0.15) is 36.4 Å². The van der Waals surface area contributed by atoms with Gasteiger partial charge in [-0.15, -0.1) is 12.6 Å². The van der Waals surface area contributed by atoms with Crippen molar-refractivity contribution in [3.05, 3.63) is 10.4 Å². The maximum Gasteiger partial charge on any atom is 0.303 e. The Bertz CT molecular complexity index is 442. The molecule has 1 heterocycles. The van der Waals surface area contributed by atoms with Crippen molar-refractivity contribution in [1.82, 2.24) is 0 Å². The Morgan fingerprint density at radius 2 is 2.00 bits per heavy atom. The second kappa shape index (κ2) is 8.08. The van der Waals surface area contributed by atoms with E-state index in [1.165, 1.54) is 21.0 Å². The lowest BCUT2D eigenvalue weighted by Gasteiger charge is -2.42. The Hall–Kier alpha value is -1.48. The maximum atomic E-state index is 11.2. The van der Waals surface area contributed by atoms with Crippen LogP contribution in [0.5, 0.6) is 0 Å². The summed E-state index contributed by atoms with van der Waals surface area (Å²) in [5.41, 5.74) is 7.96. The quantitative estimate of drug-likeness (QED) is 0.263. The molecule has 0 aromatic heterocycles. The van der Waals surface area contributed by atoms with Gasteiger partial charge in [-0.2, -0.15) is 0 Å². The summed E-state index contributed by atoms with van der Waals surface area (Å²) < 4.78 is 20.7. The molecule has 1 fully saturated rings. The summed E-state index contributed by atoms with van der Waals surface area (Å²) in [6, 6.07) is -0.847. The number of rotatable bonds is 5. The third-order valence-corrected chi connectivity index (χ3v) is 3.26. The van der Waals surface area contributed by atoms with E-state index < -0.39 is 41.7 Å². The zero-order valence-electron chi connectivity index (χ0n) is 11.8. The van der Waals surface area contributed by atoms with Gasteiger partial charge in [0.05, 0.1) is 0 Å². The van der Waals surface area contributed by atoms with Crippen LogP contribution in [0.2, 0.25) is 0 Å². The molecule has 0 aromatic carbocycles. The predicted octanol–water partition coefficient (Wildman–Crippen LogP) is 0.830. The first kappa shape index (κ1) is 17.6. The van der Waals surface area contributed by atoms with E-state index in [2.05, 4.69) is 22.7 Å². The minimum atomic E-state index is -0.939. The molecule has 1 aliphatic rings. The third kappa shape index (κ3) is 4.78. The standard InChI is InChI=1S/C11H17N3O6S/c1-5(15)18-4-7-9(19-6(2)16)8(13-14-12)10(17-3)11(21)20-7/h7-11,21H,4H2,1-3H3/t7?,8?,9-,10?,11+/m0/s1. The molecule has 0 spiro atoms. The topological polar surface area (TPSA) is 120 Å². The van der Waals surface area contributed by atoms with Gasteiger partial charge in [0.25, 0.3) is 0 Å². The molecule has 21 heavy (non-hydrogen) atoms. The molecule has 3 unspecified atom stereocenters. The zero-order chi connectivity index (χ0) is 16.0. The Kier molecular flexibility index (Phi) is 6.76. The minimum absolute atomic E-state index is 0.155. The third-order valence-electron chi connectivity index (χ3n) is 2.84. The highest BCUT2D eigenvalue weighted by atomic mass is 32.1. The molecule has 0 aromatic rings. The summed E-state index contributed by atoms with van der Waals surface area (Å²) in [6.45, 7) is 2.30. The van der Waals surface area contributed by atoms with Crippen LogP contribution in [0.15, 0.2) is 5.11 Å². The number of methoxy groups -OCH3 is 1. The van der Waals surface area contributed by atoms with Crippen LogP contribution in [0.1, 0.15) is 13.8 Å². The van der Waals surface area contributed by atoms with Gasteiger partial charge in [-0.1, -0.05) is 5.11 Å². The summed E-state index contributed by atoms with van der Waals surface area (Å²) in [7, 11) is 1.40. The molecule has 0 amide bonds. The molecule has 10 heteroatoms. The number of esters is 2. The van der Waals surface area contributed by atoms with E-state index >= 15 is 0 Å². The van der Waals surface area contributed by atoms with E-state index in [-0.39, 0.29) is 6.61 Å². The van der Waals surface area contributed by atoms with Crippen molar-refractivity contribution in [2.75, 3.05) is 13.7 Å². The lowest BCUT2D eigenvalue weighted by molar-refractivity contribution is -0.195. The molecular formula is C11H17N3O6S. The molecule has 118 valence electrons. The van der Waals surface area contributed by atoms with Crippen LogP contribution in [0, 0.1) is 0 Å². The van der Waals surface area contributed by atoms with Crippen molar-refractivity contribution in [2.24, 2.45) is 5.11 Å². The number of azide groups is 1. The van der Waals surface area contributed by atoms with Crippen molar-refractivity contribution >= 4 is 24.6 Å². The molecule has 9 nitrogen and oxygen atoms in total. The van der Waals surface area contributed by atoms with E-state index in [9.17, 15) is 9.59 Å². The van der Waals surface area contributed by atoms with Crippen LogP contribution in [0.3, 0.4) is 0 Å². The molecule has 0 N–H and O–H groups in total. The maximum absolute atomic E-state index is 11.2. The van der Waals surface area contributed by atoms with Gasteiger partial charge in [-0.3, -0.25) is 9.59 Å². The van der Waals surface area contributed by atoms with Crippen LogP contribution in [0.4, 0.5) is 0 Å². The zero-order valence-corrected chi connectivity index (χ0v) is 12.7. The second-order valence-corrected chi connectivity index (χ2v) is 4.85. The summed E-state index contributed by atoms with van der Waals surface area (Å²) in [5.74, 6) is -1.09. The van der Waals surface area contributed by atoms with E-state index in [1.54, 1.807) is 0 Å². The Balaban J connectivity index is 3.01. The number of hydrogen-bond acceptors (Lipinski definition) is 8. The van der Waals surface area contributed by atoms with E-state index in [0.717, 1.165) is 0 Å². The number of ether oxygens (including phenoxy) is 4. The monoisotopic (exact) mass is 319 g/mol. The average molecular weight is 319 g/mol. The average Bonchev–Trinajstić information content (AvgIpc) is 2.39. The highest BCUT2D eigenvalue weighted by molar-refractivity contribution is 7.80. The van der Waals surface area contributed by atoms with Gasteiger partial charge >= 0.3 is 11.9 Å². The Morgan fingerprint density at radius 1 is 1.33 bits per heavy atom. The van der Waals surface area contributed by atoms with Gasteiger partial charge < -0.3 is 18.9 Å². The molecule has 5 atom stereocenters. The Labute approximate surface area is 126 Å². The van der Waals surface area contributed by atoms with Crippen LogP contribution in [-0.2, 0) is 28.5 Å². The summed E-state index contributed by atoms with van der Waals surface area (Å²) in [5, 5.41) is 3.61. The van der Waals surface area contributed by atoms with Crippen LogP contribution >= 0.6 is 12.6 Å². The SMILES string of the molecule is COC1C(N=[N+]=[N-])[C@@H](OC(C)=O)C(COC(C)=O)O[C@@H]1S. The normalized spacial score (nSPS) is 31.9. The van der Waals surface area contributed by atoms with Crippen molar-refractivity contribution in [3.8, 4) is 0 Å². The van der Waals surface area contributed by atoms with Gasteiger partial charge in [-0.25, -0.2) is 0 Å². The minimum Gasteiger partial charge on any atom is -0.463 e. The summed E-state index contributed by atoms with van der Waals surface area (Å²) in [6.07, 6.45) is -2.45. The highest BCUT2D eigenvalue weighted by Crippen LogP contribution is 2.30. The van der Waals surface area contributed by atoms with Gasteiger partial charge in [0.15, 0.2) is 0 Å². The number of carbonyl (C=O) groups is 2. The van der Waals surface area contributed by atoms with Crippen LogP contribution in [0.25, 0.3) is 10.4 Å². The molecule has 1 aliphatic heterocycles. The largest absolute Gasteiger partial charge is 0.463 e. The molecule has 1 rings (SSSR count). The van der Waals surface area contributed by atoms with Crippen molar-refractivity contribution in [3.63, 3.8) is 0 Å². The van der Waals surface area contributed by atoms with Crippen LogP contribution in [-0.4, -0.2) is 55.4 Å². The lowest BCUT2D eigenvalue weighted by Crippen LogP contribution is -2.58. The number of carbonyl (C=O) groups excluding carboxylic acids is 2. The fraction of sp³-hybridized carbons (Fsp3) is 0.818. The molecule has 1 saturated heterocycles. The van der Waals surface area contributed by atoms with Crippen molar-refractivity contribution in [2.45, 2.75) is 43.6 Å². The Morgan fingerprint density at radius 3 is 2.48 bits per heavy atom. The molecule has 0 bridgehead atoms. The van der Waals surface area contributed by atoms with Gasteiger partial charge in [0, 0.05) is 25.9 Å². The first-order valence-electron chi connectivity index (χ1n) is 6.11. The summed E-state index contributed by atoms with van der Waals surface area (Å²) in [4.78, 5) is 24.9.